The Balaban J connectivity index is 0.00000192. The molecule has 1 aliphatic rings. The molecule has 0 spiro atoms. The first-order valence-electron chi connectivity index (χ1n) is 8.92. The molecule has 4 aromatic rings. The summed E-state index contributed by atoms with van der Waals surface area (Å²) in [5, 5.41) is 9.02. The van der Waals surface area contributed by atoms with E-state index in [4.69, 9.17) is 14.8 Å². The van der Waals surface area contributed by atoms with E-state index in [9.17, 15) is 0 Å². The monoisotopic (exact) mass is 417 g/mol. The minimum Gasteiger partial charge on any atom is -0.335 e. The highest BCUT2D eigenvalue weighted by atomic mass is 35.5. The second-order valence-electron chi connectivity index (χ2n) is 7.26. The van der Waals surface area contributed by atoms with E-state index in [-0.39, 0.29) is 12.4 Å². The molecule has 5 rings (SSSR count). The molecule has 1 saturated carbocycles. The second-order valence-corrected chi connectivity index (χ2v) is 8.72. The van der Waals surface area contributed by atoms with Crippen LogP contribution in [0.3, 0.4) is 0 Å². The zero-order valence-electron chi connectivity index (χ0n) is 15.8. The summed E-state index contributed by atoms with van der Waals surface area (Å²) in [6.07, 6.45) is 2.84. The third-order valence-corrected chi connectivity index (χ3v) is 6.25. The van der Waals surface area contributed by atoms with Crippen molar-refractivity contribution in [1.29, 1.82) is 0 Å². The molecule has 0 amide bonds. The maximum atomic E-state index is 6.35. The predicted octanol–water partition coefficient (Wildman–Crippen LogP) is 4.69. The first-order chi connectivity index (χ1) is 12.9. The van der Waals surface area contributed by atoms with Crippen LogP contribution in [0.2, 0.25) is 0 Å². The van der Waals surface area contributed by atoms with Gasteiger partial charge in [0.25, 0.3) is 11.6 Å². The third kappa shape index (κ3) is 2.83. The summed E-state index contributed by atoms with van der Waals surface area (Å²) >= 11 is 1.74. The summed E-state index contributed by atoms with van der Waals surface area (Å²) in [7, 11) is 0. The van der Waals surface area contributed by atoms with Crippen LogP contribution in [0.5, 0.6) is 0 Å². The van der Waals surface area contributed by atoms with Gasteiger partial charge in [-0.2, -0.15) is 4.98 Å². The third-order valence-electron chi connectivity index (χ3n) is 5.28. The smallest absolute Gasteiger partial charge is 0.259 e. The lowest BCUT2D eigenvalue weighted by atomic mass is 9.77. The van der Waals surface area contributed by atoms with Crippen molar-refractivity contribution in [3.63, 3.8) is 0 Å². The fourth-order valence-electron chi connectivity index (χ4n) is 3.60. The molecule has 0 unspecified atom stereocenters. The van der Waals surface area contributed by atoms with Gasteiger partial charge < -0.3 is 14.8 Å². The maximum Gasteiger partial charge on any atom is 0.259 e. The number of aromatic nitrogens is 4. The topological polar surface area (TPSA) is 104 Å². The Morgan fingerprint density at radius 3 is 2.46 bits per heavy atom. The minimum atomic E-state index is -0.471. The molecule has 1 aliphatic carbocycles. The van der Waals surface area contributed by atoms with Crippen LogP contribution in [0.4, 0.5) is 0 Å². The number of nitrogens with zero attached hydrogens (tertiary/aromatic N) is 4. The van der Waals surface area contributed by atoms with Crippen molar-refractivity contribution in [2.75, 3.05) is 0 Å². The van der Waals surface area contributed by atoms with Crippen LogP contribution in [0.15, 0.2) is 21.2 Å². The Morgan fingerprint density at radius 1 is 1.04 bits per heavy atom. The van der Waals surface area contributed by atoms with Gasteiger partial charge in [0.1, 0.15) is 0 Å². The fourth-order valence-corrected chi connectivity index (χ4v) is 4.54. The number of hydrogen-bond acceptors (Lipinski definition) is 8. The van der Waals surface area contributed by atoms with E-state index in [0.717, 1.165) is 47.2 Å². The number of thiophene rings is 1. The Hall–Kier alpha value is -2.29. The van der Waals surface area contributed by atoms with Crippen molar-refractivity contribution in [2.24, 2.45) is 5.73 Å². The molecule has 0 aromatic carbocycles. The number of nitrogens with two attached hydrogens (primary N) is 1. The van der Waals surface area contributed by atoms with Crippen LogP contribution < -0.4 is 5.73 Å². The van der Waals surface area contributed by atoms with Crippen molar-refractivity contribution >= 4 is 34.8 Å². The van der Waals surface area contributed by atoms with Gasteiger partial charge in [0, 0.05) is 15.3 Å². The van der Waals surface area contributed by atoms with E-state index in [1.54, 1.807) is 11.3 Å². The minimum absolute atomic E-state index is 0. The molecule has 9 heteroatoms. The summed E-state index contributed by atoms with van der Waals surface area (Å²) in [4.78, 5) is 11.7. The van der Waals surface area contributed by atoms with Crippen molar-refractivity contribution in [3.8, 4) is 22.7 Å². The van der Waals surface area contributed by atoms with Crippen molar-refractivity contribution < 1.29 is 9.05 Å². The summed E-state index contributed by atoms with van der Waals surface area (Å²) in [6.45, 7) is 6.05. The van der Waals surface area contributed by atoms with E-state index in [2.05, 4.69) is 40.2 Å². The maximum absolute atomic E-state index is 6.35. The Kier molecular flexibility index (Phi) is 4.52. The Morgan fingerprint density at radius 2 is 1.82 bits per heavy atom. The lowest BCUT2D eigenvalue weighted by molar-refractivity contribution is 0.229. The van der Waals surface area contributed by atoms with Gasteiger partial charge in [0.15, 0.2) is 5.82 Å². The molecule has 28 heavy (non-hydrogen) atoms. The summed E-state index contributed by atoms with van der Waals surface area (Å²) in [5.74, 6) is 0.984. The number of aryl methyl sites for hydroxylation is 3. The SMILES string of the molecule is Cc1cc(-c2cc(-c3nc(C4(N)CCC4)no3)c3c(C)noc3n2)c(C)s1.Cl. The average Bonchev–Trinajstić information content (AvgIpc) is 3.32. The molecule has 0 saturated heterocycles. The van der Waals surface area contributed by atoms with Crippen LogP contribution in [0.25, 0.3) is 33.8 Å². The molecule has 1 fully saturated rings. The highest BCUT2D eigenvalue weighted by Gasteiger charge is 2.39. The van der Waals surface area contributed by atoms with Gasteiger partial charge in [-0.3, -0.25) is 0 Å². The number of fused-ring (bicyclic) bond motifs is 1. The largest absolute Gasteiger partial charge is 0.335 e. The van der Waals surface area contributed by atoms with E-state index >= 15 is 0 Å². The van der Waals surface area contributed by atoms with Gasteiger partial charge in [-0.25, -0.2) is 4.98 Å². The quantitative estimate of drug-likeness (QED) is 0.515. The van der Waals surface area contributed by atoms with E-state index < -0.39 is 5.54 Å². The Bertz CT molecular complexity index is 1170. The fraction of sp³-hybridized carbons (Fsp3) is 0.368. The van der Waals surface area contributed by atoms with Crippen LogP contribution in [-0.4, -0.2) is 20.3 Å². The summed E-state index contributed by atoms with van der Waals surface area (Å²) < 4.78 is 11.0. The van der Waals surface area contributed by atoms with Gasteiger partial charge in [0.05, 0.1) is 27.9 Å². The first kappa shape index (κ1) is 19.0. The lowest BCUT2D eigenvalue weighted by Gasteiger charge is -2.34. The van der Waals surface area contributed by atoms with E-state index in [1.807, 2.05) is 13.0 Å². The van der Waals surface area contributed by atoms with Gasteiger partial charge in [-0.15, -0.1) is 23.7 Å². The molecule has 146 valence electrons. The van der Waals surface area contributed by atoms with Crippen LogP contribution >= 0.6 is 23.7 Å². The molecule has 7 nitrogen and oxygen atoms in total. The molecule has 0 radical (unpaired) electrons. The average molecular weight is 418 g/mol. The van der Waals surface area contributed by atoms with Gasteiger partial charge in [-0.1, -0.05) is 10.3 Å². The molecule has 2 N–H and O–H groups in total. The highest BCUT2D eigenvalue weighted by molar-refractivity contribution is 7.12. The van der Waals surface area contributed by atoms with Crippen LogP contribution in [0.1, 0.15) is 40.5 Å². The predicted molar refractivity (Wildman–Crippen MR) is 110 cm³/mol. The molecule has 4 heterocycles. The van der Waals surface area contributed by atoms with Crippen molar-refractivity contribution in [2.45, 2.75) is 45.6 Å². The molecule has 0 atom stereocenters. The summed E-state index contributed by atoms with van der Waals surface area (Å²) in [5.41, 5.74) is 9.75. The van der Waals surface area contributed by atoms with E-state index in [1.165, 1.54) is 9.75 Å². The number of hydrogen-bond donors (Lipinski definition) is 1. The highest BCUT2D eigenvalue weighted by Crippen LogP contribution is 2.40. The Labute approximate surface area is 171 Å². The van der Waals surface area contributed by atoms with Gasteiger partial charge in [0.2, 0.25) is 0 Å². The molecule has 0 bridgehead atoms. The van der Waals surface area contributed by atoms with Gasteiger partial charge >= 0.3 is 0 Å². The molecular formula is C19H20ClN5O2S. The van der Waals surface area contributed by atoms with Crippen LogP contribution in [-0.2, 0) is 5.54 Å². The van der Waals surface area contributed by atoms with E-state index in [0.29, 0.717) is 17.4 Å². The molecular weight excluding hydrogens is 398 g/mol. The standard InChI is InChI=1S/C19H19N5O2S.ClH/c1-9-7-12(11(3)27-9)14-8-13(15-10(2)23-26-17(15)21-14)16-22-18(24-25-16)19(20)5-4-6-19;/h7-8H,4-6,20H2,1-3H3;1H. The normalized spacial score (nSPS) is 15.4. The molecule has 0 aliphatic heterocycles. The number of pyridine rings is 1. The van der Waals surface area contributed by atoms with Gasteiger partial charge in [-0.05, 0) is 52.2 Å². The van der Waals surface area contributed by atoms with Crippen LogP contribution in [0, 0.1) is 20.8 Å². The lowest BCUT2D eigenvalue weighted by Crippen LogP contribution is -2.44. The zero-order valence-corrected chi connectivity index (χ0v) is 17.4. The van der Waals surface area contributed by atoms with Crippen molar-refractivity contribution in [1.82, 2.24) is 20.3 Å². The second kappa shape index (κ2) is 6.65. The number of rotatable bonds is 3. The first-order valence-corrected chi connectivity index (χ1v) is 9.74. The number of halogens is 1. The van der Waals surface area contributed by atoms with Crippen molar-refractivity contribution in [3.05, 3.63) is 33.4 Å². The zero-order chi connectivity index (χ0) is 18.8. The summed E-state index contributed by atoms with van der Waals surface area (Å²) in [6, 6.07) is 4.10. The molecule has 4 aromatic heterocycles.